The average molecular weight is 503 g/mol. The van der Waals surface area contributed by atoms with Gasteiger partial charge in [-0.1, -0.05) is 18.2 Å². The van der Waals surface area contributed by atoms with Gasteiger partial charge in [0.15, 0.2) is 0 Å². The van der Waals surface area contributed by atoms with Crippen molar-refractivity contribution in [2.45, 2.75) is 23.9 Å². The van der Waals surface area contributed by atoms with E-state index in [0.29, 0.717) is 16.9 Å². The summed E-state index contributed by atoms with van der Waals surface area (Å²) in [5, 5.41) is 3.92. The lowest BCUT2D eigenvalue weighted by molar-refractivity contribution is -0.137. The molecule has 0 unspecified atom stereocenters. The Morgan fingerprint density at radius 2 is 1.89 bits per heavy atom. The van der Waals surface area contributed by atoms with Crippen LogP contribution in [0.5, 0.6) is 5.75 Å². The lowest BCUT2D eigenvalue weighted by Gasteiger charge is -2.17. The third-order valence-corrected chi connectivity index (χ3v) is 6.04. The summed E-state index contributed by atoms with van der Waals surface area (Å²) >= 11 is 1.35. The zero-order chi connectivity index (χ0) is 24.8. The number of nitrogens with one attached hydrogen (secondary N) is 1. The maximum atomic E-state index is 13.4. The van der Waals surface area contributed by atoms with Crippen molar-refractivity contribution in [1.82, 2.24) is 14.8 Å². The molecule has 0 fully saturated rings. The van der Waals surface area contributed by atoms with Gasteiger partial charge < -0.3 is 9.46 Å². The molecule has 0 saturated heterocycles. The molecule has 1 aliphatic heterocycles. The molecule has 10 heteroatoms. The summed E-state index contributed by atoms with van der Waals surface area (Å²) < 4.78 is 60.9. The van der Waals surface area contributed by atoms with Crippen LogP contribution in [0.2, 0.25) is 0 Å². The highest BCUT2D eigenvalue weighted by Gasteiger charge is 2.30. The molecule has 0 bridgehead atoms. The molecule has 5 rings (SSSR count). The SMILES string of the molecule is Cn1nccc1-c1cccc(C(F)(F)F)c1.Fc1ncccc1NSc1ccc2c(c1)OCCC2. The Morgan fingerprint density at radius 1 is 1.03 bits per heavy atom. The number of aryl methyl sites for hydroxylation is 2. The van der Waals surface area contributed by atoms with Crippen molar-refractivity contribution >= 4 is 17.6 Å². The molecule has 2 aromatic heterocycles. The number of hydrogen-bond acceptors (Lipinski definition) is 5. The molecule has 0 spiro atoms. The summed E-state index contributed by atoms with van der Waals surface area (Å²) in [7, 11) is 1.69. The van der Waals surface area contributed by atoms with Crippen LogP contribution in [0.15, 0.2) is 78.0 Å². The first-order chi connectivity index (χ1) is 16.8. The van der Waals surface area contributed by atoms with E-state index in [1.807, 2.05) is 12.1 Å². The second kappa shape index (κ2) is 10.8. The van der Waals surface area contributed by atoms with E-state index in [9.17, 15) is 17.6 Å². The number of nitrogens with zero attached hydrogens (tertiary/aromatic N) is 3. The zero-order valence-corrected chi connectivity index (χ0v) is 19.5. The molecule has 3 heterocycles. The van der Waals surface area contributed by atoms with E-state index in [-0.39, 0.29) is 0 Å². The first-order valence-corrected chi connectivity index (χ1v) is 11.6. The molecule has 4 aromatic rings. The van der Waals surface area contributed by atoms with Crippen LogP contribution >= 0.6 is 11.9 Å². The first kappa shape index (κ1) is 24.6. The Kier molecular flexibility index (Phi) is 7.60. The minimum atomic E-state index is -4.31. The minimum absolute atomic E-state index is 0.381. The van der Waals surface area contributed by atoms with Crippen LogP contribution in [0.25, 0.3) is 11.3 Å². The largest absolute Gasteiger partial charge is 0.493 e. The van der Waals surface area contributed by atoms with Gasteiger partial charge in [0.05, 0.1) is 17.9 Å². The van der Waals surface area contributed by atoms with Crippen molar-refractivity contribution in [2.75, 3.05) is 11.3 Å². The molecule has 1 aliphatic rings. The molecule has 0 saturated carbocycles. The quantitative estimate of drug-likeness (QED) is 0.190. The number of ether oxygens (including phenoxy) is 1. The van der Waals surface area contributed by atoms with E-state index in [4.69, 9.17) is 4.74 Å². The molecule has 35 heavy (non-hydrogen) atoms. The molecular formula is C25H22F4N4OS. The number of pyridine rings is 1. The van der Waals surface area contributed by atoms with Gasteiger partial charge in [-0.2, -0.15) is 22.7 Å². The van der Waals surface area contributed by atoms with Gasteiger partial charge >= 0.3 is 6.18 Å². The van der Waals surface area contributed by atoms with Crippen molar-refractivity contribution in [3.05, 3.63) is 90.1 Å². The lowest BCUT2D eigenvalue weighted by Crippen LogP contribution is -2.08. The highest BCUT2D eigenvalue weighted by Crippen LogP contribution is 2.32. The van der Waals surface area contributed by atoms with Crippen molar-refractivity contribution in [3.63, 3.8) is 0 Å². The highest BCUT2D eigenvalue weighted by atomic mass is 32.2. The summed E-state index contributed by atoms with van der Waals surface area (Å²) in [5.74, 6) is 0.439. The number of hydrogen-bond donors (Lipinski definition) is 1. The van der Waals surface area contributed by atoms with E-state index < -0.39 is 17.7 Å². The number of rotatable bonds is 4. The van der Waals surface area contributed by atoms with Crippen LogP contribution in [0.1, 0.15) is 17.5 Å². The van der Waals surface area contributed by atoms with Crippen LogP contribution < -0.4 is 9.46 Å². The van der Waals surface area contributed by atoms with Crippen LogP contribution in [0.4, 0.5) is 23.2 Å². The summed E-state index contributed by atoms with van der Waals surface area (Å²) in [6, 6.07) is 16.3. The molecule has 0 aliphatic carbocycles. The number of anilines is 1. The molecule has 0 atom stereocenters. The van der Waals surface area contributed by atoms with Crippen LogP contribution in [-0.2, 0) is 19.6 Å². The Balaban J connectivity index is 0.000000168. The zero-order valence-electron chi connectivity index (χ0n) is 18.7. The van der Waals surface area contributed by atoms with Gasteiger partial charge in [0.25, 0.3) is 0 Å². The van der Waals surface area contributed by atoms with Gasteiger partial charge in [-0.05, 0) is 72.8 Å². The number of fused-ring (bicyclic) bond motifs is 1. The van der Waals surface area contributed by atoms with E-state index in [0.717, 1.165) is 42.2 Å². The first-order valence-electron chi connectivity index (χ1n) is 10.8. The summed E-state index contributed by atoms with van der Waals surface area (Å²) in [5.41, 5.74) is 2.14. The van der Waals surface area contributed by atoms with Crippen molar-refractivity contribution in [3.8, 4) is 17.0 Å². The van der Waals surface area contributed by atoms with E-state index in [2.05, 4.69) is 20.9 Å². The summed E-state index contributed by atoms with van der Waals surface area (Å²) in [4.78, 5) is 4.58. The van der Waals surface area contributed by atoms with Gasteiger partial charge in [-0.25, -0.2) is 4.98 Å². The third-order valence-electron chi connectivity index (χ3n) is 5.23. The number of alkyl halides is 3. The number of benzene rings is 2. The summed E-state index contributed by atoms with van der Waals surface area (Å²) in [6.07, 6.45) is 0.797. The Hall–Kier alpha value is -3.53. The second-order valence-corrected chi connectivity index (χ2v) is 8.57. The third kappa shape index (κ3) is 6.33. The molecule has 5 nitrogen and oxygen atoms in total. The van der Waals surface area contributed by atoms with Crippen LogP contribution in [-0.4, -0.2) is 21.4 Å². The lowest BCUT2D eigenvalue weighted by atomic mass is 10.1. The summed E-state index contributed by atoms with van der Waals surface area (Å²) in [6.45, 7) is 0.770. The molecular weight excluding hydrogens is 480 g/mol. The Bertz CT molecular complexity index is 1290. The van der Waals surface area contributed by atoms with E-state index >= 15 is 0 Å². The fourth-order valence-corrected chi connectivity index (χ4v) is 4.15. The smallest absolute Gasteiger partial charge is 0.416 e. The molecule has 0 amide bonds. The highest BCUT2D eigenvalue weighted by molar-refractivity contribution is 8.00. The standard InChI is InChI=1S/C14H13FN2OS.C11H9F3N2/c15-14-12(4-1-7-16-14)17-19-11-6-5-10-3-2-8-18-13(10)9-11;1-16-10(5-6-15-16)8-3-2-4-9(7-8)11(12,13)14/h1,4-7,9,17H,2-3,8H2;2-7H,1H3. The number of halogens is 4. The van der Waals surface area contributed by atoms with Crippen molar-refractivity contribution in [2.24, 2.45) is 7.05 Å². The fraction of sp³-hybridized carbons (Fsp3) is 0.200. The van der Waals surface area contributed by atoms with Crippen molar-refractivity contribution < 1.29 is 22.3 Å². The predicted octanol–water partition coefficient (Wildman–Crippen LogP) is 6.77. The van der Waals surface area contributed by atoms with Gasteiger partial charge in [-0.15, -0.1) is 0 Å². The molecule has 2 aromatic carbocycles. The van der Waals surface area contributed by atoms with E-state index in [1.54, 1.807) is 37.5 Å². The van der Waals surface area contributed by atoms with E-state index in [1.165, 1.54) is 34.5 Å². The normalized spacial score (nSPS) is 12.7. The van der Waals surface area contributed by atoms with Crippen LogP contribution in [0, 0.1) is 5.95 Å². The van der Waals surface area contributed by atoms with Gasteiger partial charge in [0.2, 0.25) is 5.95 Å². The monoisotopic (exact) mass is 502 g/mol. The molecule has 0 radical (unpaired) electrons. The predicted molar refractivity (Wildman–Crippen MR) is 128 cm³/mol. The average Bonchev–Trinajstić information content (AvgIpc) is 3.29. The maximum Gasteiger partial charge on any atom is 0.416 e. The molecule has 1 N–H and O–H groups in total. The molecule has 182 valence electrons. The second-order valence-electron chi connectivity index (χ2n) is 7.69. The van der Waals surface area contributed by atoms with Crippen molar-refractivity contribution in [1.29, 1.82) is 0 Å². The Labute approximate surface area is 204 Å². The van der Waals surface area contributed by atoms with Gasteiger partial charge in [0.1, 0.15) is 11.4 Å². The van der Waals surface area contributed by atoms with Gasteiger partial charge in [-0.3, -0.25) is 4.68 Å². The van der Waals surface area contributed by atoms with Crippen LogP contribution in [0.3, 0.4) is 0 Å². The Morgan fingerprint density at radius 3 is 2.63 bits per heavy atom. The minimum Gasteiger partial charge on any atom is -0.493 e. The topological polar surface area (TPSA) is 52.0 Å². The number of aromatic nitrogens is 3. The fourth-order valence-electron chi connectivity index (χ4n) is 3.47. The van der Waals surface area contributed by atoms with Gasteiger partial charge in [0, 0.05) is 29.9 Å². The maximum absolute atomic E-state index is 13.4.